The van der Waals surface area contributed by atoms with E-state index in [4.69, 9.17) is 21.6 Å². The Labute approximate surface area is 158 Å². The van der Waals surface area contributed by atoms with Gasteiger partial charge in [-0.2, -0.15) is 5.26 Å². The summed E-state index contributed by atoms with van der Waals surface area (Å²) in [7, 11) is 0. The van der Waals surface area contributed by atoms with Crippen molar-refractivity contribution in [3.05, 3.63) is 39.3 Å². The standard InChI is InChI=1S/C16H16ClN5O3S/c17-11-4-3-10(7-18)13(6-11)19-14(23)9-26-16-21-20-15(24)22(16)8-12-2-1-5-25-12/h3-4,6,12H,1-2,5,8-9H2,(H,19,23)(H,20,24)/t12-/m0/s1. The molecule has 0 aliphatic carbocycles. The lowest BCUT2D eigenvalue weighted by Gasteiger charge is -2.11. The highest BCUT2D eigenvalue weighted by Crippen LogP contribution is 2.22. The molecule has 1 aliphatic heterocycles. The van der Waals surface area contributed by atoms with Crippen LogP contribution >= 0.6 is 23.4 Å². The summed E-state index contributed by atoms with van der Waals surface area (Å²) in [5, 5.41) is 19.0. The van der Waals surface area contributed by atoms with Gasteiger partial charge in [-0.25, -0.2) is 9.89 Å². The third kappa shape index (κ3) is 4.46. The average Bonchev–Trinajstić information content (AvgIpc) is 3.25. The van der Waals surface area contributed by atoms with Gasteiger partial charge in [0.1, 0.15) is 6.07 Å². The smallest absolute Gasteiger partial charge is 0.344 e. The molecule has 1 atom stereocenters. The highest BCUT2D eigenvalue weighted by molar-refractivity contribution is 7.99. The maximum Gasteiger partial charge on any atom is 0.344 e. The van der Waals surface area contributed by atoms with E-state index in [1.165, 1.54) is 16.7 Å². The van der Waals surface area contributed by atoms with Gasteiger partial charge in [0.05, 0.1) is 29.7 Å². The number of benzene rings is 1. The molecule has 2 aromatic rings. The number of aromatic amines is 1. The highest BCUT2D eigenvalue weighted by atomic mass is 35.5. The monoisotopic (exact) mass is 393 g/mol. The summed E-state index contributed by atoms with van der Waals surface area (Å²) in [6.45, 7) is 1.11. The summed E-state index contributed by atoms with van der Waals surface area (Å²) in [5.74, 6) is -0.291. The number of carbonyl (C=O) groups is 1. The second-order valence-electron chi connectivity index (χ2n) is 5.70. The van der Waals surface area contributed by atoms with Crippen LogP contribution in [0.2, 0.25) is 5.02 Å². The summed E-state index contributed by atoms with van der Waals surface area (Å²) in [5.41, 5.74) is 0.345. The van der Waals surface area contributed by atoms with Crippen molar-refractivity contribution in [2.45, 2.75) is 30.6 Å². The van der Waals surface area contributed by atoms with E-state index < -0.39 is 0 Å². The van der Waals surface area contributed by atoms with Gasteiger partial charge in [-0.05, 0) is 31.0 Å². The van der Waals surface area contributed by atoms with Crippen LogP contribution in [0.15, 0.2) is 28.2 Å². The number of rotatable bonds is 6. The SMILES string of the molecule is N#Cc1ccc(Cl)cc1NC(=O)CSc1n[nH]c(=O)n1C[C@@H]1CCCO1. The fourth-order valence-electron chi connectivity index (χ4n) is 2.60. The van der Waals surface area contributed by atoms with E-state index in [2.05, 4.69) is 15.5 Å². The van der Waals surface area contributed by atoms with Crippen molar-refractivity contribution in [3.8, 4) is 6.07 Å². The average molecular weight is 394 g/mol. The molecule has 2 N–H and O–H groups in total. The van der Waals surface area contributed by atoms with Crippen LogP contribution in [0, 0.1) is 11.3 Å². The summed E-state index contributed by atoms with van der Waals surface area (Å²) < 4.78 is 7.02. The second kappa shape index (κ2) is 8.40. The number of nitrogens with one attached hydrogen (secondary N) is 2. The van der Waals surface area contributed by atoms with E-state index in [0.29, 0.717) is 34.6 Å². The molecule has 1 fully saturated rings. The van der Waals surface area contributed by atoms with E-state index in [0.717, 1.165) is 24.6 Å². The lowest BCUT2D eigenvalue weighted by molar-refractivity contribution is -0.113. The van der Waals surface area contributed by atoms with Crippen molar-refractivity contribution in [1.29, 1.82) is 5.26 Å². The van der Waals surface area contributed by atoms with Gasteiger partial charge in [-0.3, -0.25) is 9.36 Å². The zero-order valence-corrected chi connectivity index (χ0v) is 15.3. The number of aromatic nitrogens is 3. The fraction of sp³-hybridized carbons (Fsp3) is 0.375. The van der Waals surface area contributed by atoms with E-state index in [-0.39, 0.29) is 23.5 Å². The number of thioether (sulfide) groups is 1. The topological polar surface area (TPSA) is 113 Å². The maximum atomic E-state index is 12.2. The molecular formula is C16H16ClN5O3S. The predicted molar refractivity (Wildman–Crippen MR) is 97.3 cm³/mol. The van der Waals surface area contributed by atoms with E-state index in [1.807, 2.05) is 6.07 Å². The summed E-state index contributed by atoms with van der Waals surface area (Å²) in [6, 6.07) is 6.64. The van der Waals surface area contributed by atoms with Gasteiger partial charge in [0.15, 0.2) is 5.16 Å². The fourth-order valence-corrected chi connectivity index (χ4v) is 3.53. The molecule has 3 rings (SSSR count). The van der Waals surface area contributed by atoms with Gasteiger partial charge >= 0.3 is 5.69 Å². The minimum atomic E-state index is -0.329. The molecule has 1 aromatic heterocycles. The molecule has 0 saturated carbocycles. The molecule has 8 nitrogen and oxygen atoms in total. The highest BCUT2D eigenvalue weighted by Gasteiger charge is 2.20. The quantitative estimate of drug-likeness (QED) is 0.726. The predicted octanol–water partition coefficient (Wildman–Crippen LogP) is 2.01. The normalized spacial score (nSPS) is 16.4. The molecule has 0 radical (unpaired) electrons. The van der Waals surface area contributed by atoms with Gasteiger partial charge in [-0.15, -0.1) is 5.10 Å². The van der Waals surface area contributed by atoms with E-state index in [1.54, 1.807) is 6.07 Å². The zero-order chi connectivity index (χ0) is 18.5. The number of amides is 1. The lowest BCUT2D eigenvalue weighted by Crippen LogP contribution is -2.25. The molecule has 0 bridgehead atoms. The Balaban J connectivity index is 1.62. The van der Waals surface area contributed by atoms with Crippen LogP contribution in [-0.4, -0.2) is 39.1 Å². The molecule has 1 amide bonds. The number of nitrogens with zero attached hydrogens (tertiary/aromatic N) is 3. The van der Waals surface area contributed by atoms with Crippen LogP contribution in [0.5, 0.6) is 0 Å². The second-order valence-corrected chi connectivity index (χ2v) is 7.07. The summed E-state index contributed by atoms with van der Waals surface area (Å²) in [6.07, 6.45) is 1.86. The molecule has 26 heavy (non-hydrogen) atoms. The number of hydrogen-bond donors (Lipinski definition) is 2. The van der Waals surface area contributed by atoms with Crippen LogP contribution in [0.4, 0.5) is 5.69 Å². The Bertz CT molecular complexity index is 898. The van der Waals surface area contributed by atoms with Crippen LogP contribution in [0.1, 0.15) is 18.4 Å². The van der Waals surface area contributed by atoms with Gasteiger partial charge in [0, 0.05) is 11.6 Å². The summed E-state index contributed by atoms with van der Waals surface area (Å²) >= 11 is 7.04. The molecule has 136 valence electrons. The maximum absolute atomic E-state index is 12.2. The van der Waals surface area contributed by atoms with Crippen LogP contribution < -0.4 is 11.0 Å². The Morgan fingerprint density at radius 2 is 2.42 bits per heavy atom. The molecule has 2 heterocycles. The summed E-state index contributed by atoms with van der Waals surface area (Å²) in [4.78, 5) is 24.1. The van der Waals surface area contributed by atoms with Gasteiger partial charge < -0.3 is 10.1 Å². The van der Waals surface area contributed by atoms with Crippen molar-refractivity contribution < 1.29 is 9.53 Å². The van der Waals surface area contributed by atoms with Crippen molar-refractivity contribution in [2.75, 3.05) is 17.7 Å². The largest absolute Gasteiger partial charge is 0.376 e. The van der Waals surface area contributed by atoms with E-state index >= 15 is 0 Å². The number of anilines is 1. The van der Waals surface area contributed by atoms with Crippen molar-refractivity contribution >= 4 is 35.0 Å². The van der Waals surface area contributed by atoms with Crippen LogP contribution in [0.25, 0.3) is 0 Å². The Kier molecular flexibility index (Phi) is 5.98. The lowest BCUT2D eigenvalue weighted by atomic mass is 10.2. The Morgan fingerprint density at radius 3 is 3.15 bits per heavy atom. The number of nitriles is 1. The van der Waals surface area contributed by atoms with Crippen LogP contribution in [0.3, 0.4) is 0 Å². The number of carbonyl (C=O) groups excluding carboxylic acids is 1. The third-order valence-electron chi connectivity index (χ3n) is 3.84. The molecule has 1 aliphatic rings. The molecule has 0 unspecified atom stereocenters. The van der Waals surface area contributed by atoms with Crippen molar-refractivity contribution in [2.24, 2.45) is 0 Å². The van der Waals surface area contributed by atoms with Gasteiger partial charge in [0.2, 0.25) is 5.91 Å². The molecule has 10 heteroatoms. The van der Waals surface area contributed by atoms with E-state index in [9.17, 15) is 9.59 Å². The first kappa shape index (κ1) is 18.5. The first-order chi connectivity index (χ1) is 12.6. The van der Waals surface area contributed by atoms with Crippen molar-refractivity contribution in [3.63, 3.8) is 0 Å². The molecule has 0 spiro atoms. The zero-order valence-electron chi connectivity index (χ0n) is 13.7. The number of H-pyrrole nitrogens is 1. The molecule has 1 saturated heterocycles. The first-order valence-electron chi connectivity index (χ1n) is 7.96. The number of hydrogen-bond acceptors (Lipinski definition) is 6. The van der Waals surface area contributed by atoms with Gasteiger partial charge in [-0.1, -0.05) is 23.4 Å². The third-order valence-corrected chi connectivity index (χ3v) is 5.05. The van der Waals surface area contributed by atoms with Gasteiger partial charge in [0.25, 0.3) is 0 Å². The Hall–Kier alpha value is -2.28. The minimum Gasteiger partial charge on any atom is -0.376 e. The number of ether oxygens (including phenoxy) is 1. The minimum absolute atomic E-state index is 0.0110. The number of halogens is 1. The first-order valence-corrected chi connectivity index (χ1v) is 9.32. The van der Waals surface area contributed by atoms with Crippen molar-refractivity contribution in [1.82, 2.24) is 14.8 Å². The molecule has 1 aromatic carbocycles. The molecular weight excluding hydrogens is 378 g/mol. The van der Waals surface area contributed by atoms with Crippen LogP contribution in [-0.2, 0) is 16.1 Å². The Morgan fingerprint density at radius 1 is 1.58 bits per heavy atom.